The average Bonchev–Trinajstić information content (AvgIpc) is 2.96. The van der Waals surface area contributed by atoms with Gasteiger partial charge in [-0.2, -0.15) is 0 Å². The number of benzene rings is 2. The molecular formula is C19H15BrN2. The van der Waals surface area contributed by atoms with Crippen LogP contribution in [0.4, 0.5) is 5.69 Å². The van der Waals surface area contributed by atoms with Crippen LogP contribution in [-0.2, 0) is 0 Å². The number of aliphatic imine (C=N–C) groups is 1. The average molecular weight is 351 g/mol. The molecule has 2 nitrogen and oxygen atoms in total. The van der Waals surface area contributed by atoms with Crippen molar-refractivity contribution in [2.24, 2.45) is 4.99 Å². The van der Waals surface area contributed by atoms with Crippen molar-refractivity contribution in [3.63, 3.8) is 0 Å². The van der Waals surface area contributed by atoms with E-state index < -0.39 is 0 Å². The minimum atomic E-state index is 0.0166. The van der Waals surface area contributed by atoms with Crippen molar-refractivity contribution in [2.45, 2.75) is 12.2 Å². The molecule has 2 aromatic rings. The third-order valence-corrected chi connectivity index (χ3v) is 4.56. The van der Waals surface area contributed by atoms with Crippen molar-refractivity contribution < 1.29 is 0 Å². The van der Waals surface area contributed by atoms with E-state index in [1.54, 1.807) is 0 Å². The second-order valence-corrected chi connectivity index (χ2v) is 6.33. The molecule has 1 aliphatic heterocycles. The first kappa shape index (κ1) is 13.5. The van der Waals surface area contributed by atoms with Crippen LogP contribution in [0.5, 0.6) is 0 Å². The predicted octanol–water partition coefficient (Wildman–Crippen LogP) is 4.90. The number of halogens is 1. The number of para-hydroxylation sites is 1. The van der Waals surface area contributed by atoms with E-state index in [1.165, 1.54) is 11.3 Å². The van der Waals surface area contributed by atoms with Crippen LogP contribution >= 0.6 is 15.9 Å². The zero-order valence-corrected chi connectivity index (χ0v) is 13.5. The summed E-state index contributed by atoms with van der Waals surface area (Å²) in [7, 11) is 0. The molecule has 0 bridgehead atoms. The molecule has 0 saturated heterocycles. The number of fused-ring (bicyclic) bond motifs is 1. The van der Waals surface area contributed by atoms with Gasteiger partial charge in [0.15, 0.2) is 0 Å². The molecule has 2 atom stereocenters. The van der Waals surface area contributed by atoms with Crippen molar-refractivity contribution in [2.75, 3.05) is 4.90 Å². The number of hydrogen-bond donors (Lipinski definition) is 0. The Labute approximate surface area is 138 Å². The van der Waals surface area contributed by atoms with E-state index in [-0.39, 0.29) is 12.2 Å². The van der Waals surface area contributed by atoms with Gasteiger partial charge in [0.1, 0.15) is 6.17 Å². The van der Waals surface area contributed by atoms with Crippen LogP contribution in [0.3, 0.4) is 0 Å². The zero-order chi connectivity index (χ0) is 14.9. The number of hydrogen-bond acceptors (Lipinski definition) is 2. The number of nitrogens with zero attached hydrogens (tertiary/aromatic N) is 2. The van der Waals surface area contributed by atoms with E-state index in [0.717, 1.165) is 10.2 Å². The summed E-state index contributed by atoms with van der Waals surface area (Å²) >= 11 is 3.50. The molecule has 0 saturated carbocycles. The topological polar surface area (TPSA) is 15.6 Å². The van der Waals surface area contributed by atoms with E-state index in [4.69, 9.17) is 4.99 Å². The lowest BCUT2D eigenvalue weighted by molar-refractivity contribution is 0.696. The maximum Gasteiger partial charge on any atom is 0.148 e. The Bertz CT molecular complexity index is 760. The van der Waals surface area contributed by atoms with Gasteiger partial charge in [-0.15, -0.1) is 0 Å². The lowest BCUT2D eigenvalue weighted by atomic mass is 10.0. The van der Waals surface area contributed by atoms with E-state index in [1.807, 2.05) is 6.07 Å². The standard InChI is InChI=1S/C19H15BrN2/c20-15-12-10-14(11-13-15)19-21-17-8-4-5-9-18(17)22(19)16-6-2-1-3-7-16/h1-13,18-19H. The molecule has 0 N–H and O–H groups in total. The van der Waals surface area contributed by atoms with E-state index in [9.17, 15) is 0 Å². The molecule has 2 aliphatic rings. The van der Waals surface area contributed by atoms with E-state index >= 15 is 0 Å². The first-order valence-corrected chi connectivity index (χ1v) is 8.14. The van der Waals surface area contributed by atoms with Crippen LogP contribution in [0.25, 0.3) is 0 Å². The zero-order valence-electron chi connectivity index (χ0n) is 11.9. The Morgan fingerprint density at radius 3 is 2.45 bits per heavy atom. The highest BCUT2D eigenvalue weighted by molar-refractivity contribution is 9.10. The minimum absolute atomic E-state index is 0.0166. The van der Waals surface area contributed by atoms with Crippen LogP contribution < -0.4 is 4.90 Å². The molecule has 3 heteroatoms. The Hall–Kier alpha value is -2.13. The number of rotatable bonds is 2. The summed E-state index contributed by atoms with van der Waals surface area (Å²) < 4.78 is 1.09. The molecule has 0 amide bonds. The quantitative estimate of drug-likeness (QED) is 0.751. The maximum absolute atomic E-state index is 4.96. The Morgan fingerprint density at radius 1 is 0.909 bits per heavy atom. The van der Waals surface area contributed by atoms with Gasteiger partial charge >= 0.3 is 0 Å². The number of allylic oxidation sites excluding steroid dienone is 2. The monoisotopic (exact) mass is 350 g/mol. The van der Waals surface area contributed by atoms with Crippen molar-refractivity contribution in [1.82, 2.24) is 0 Å². The SMILES string of the molecule is Brc1ccc(C2N=C3C=CC=CC3N2c2ccccc2)cc1. The Balaban J connectivity index is 1.80. The largest absolute Gasteiger partial charge is 0.334 e. The van der Waals surface area contributed by atoms with Crippen molar-refractivity contribution in [1.29, 1.82) is 0 Å². The van der Waals surface area contributed by atoms with Crippen molar-refractivity contribution in [3.8, 4) is 0 Å². The highest BCUT2D eigenvalue weighted by Gasteiger charge is 2.35. The van der Waals surface area contributed by atoms with Gasteiger partial charge in [-0.3, -0.25) is 4.99 Å². The summed E-state index contributed by atoms with van der Waals surface area (Å²) in [5.74, 6) is 0. The van der Waals surface area contributed by atoms with Gasteiger partial charge < -0.3 is 4.90 Å². The van der Waals surface area contributed by atoms with Gasteiger partial charge in [0.05, 0.1) is 11.8 Å². The van der Waals surface area contributed by atoms with Crippen LogP contribution in [0.1, 0.15) is 11.7 Å². The fourth-order valence-electron chi connectivity index (χ4n) is 3.00. The normalized spacial score (nSPS) is 22.6. The van der Waals surface area contributed by atoms with Crippen LogP contribution in [0.2, 0.25) is 0 Å². The molecule has 2 unspecified atom stereocenters. The molecule has 0 spiro atoms. The van der Waals surface area contributed by atoms with Crippen LogP contribution in [-0.4, -0.2) is 11.8 Å². The number of anilines is 1. The Morgan fingerprint density at radius 2 is 1.68 bits per heavy atom. The van der Waals surface area contributed by atoms with Gasteiger partial charge in [-0.25, -0.2) is 0 Å². The predicted molar refractivity (Wildman–Crippen MR) is 95.3 cm³/mol. The smallest absolute Gasteiger partial charge is 0.148 e. The second kappa shape index (κ2) is 5.58. The summed E-state index contributed by atoms with van der Waals surface area (Å²) in [4.78, 5) is 7.33. The van der Waals surface area contributed by atoms with Crippen molar-refractivity contribution in [3.05, 3.63) is 88.9 Å². The fraction of sp³-hybridized carbons (Fsp3) is 0.105. The molecule has 22 heavy (non-hydrogen) atoms. The lowest BCUT2D eigenvalue weighted by Crippen LogP contribution is -2.35. The molecule has 0 fully saturated rings. The summed E-state index contributed by atoms with van der Waals surface area (Å²) in [5.41, 5.74) is 3.52. The minimum Gasteiger partial charge on any atom is -0.334 e. The molecule has 2 aromatic carbocycles. The third-order valence-electron chi connectivity index (χ3n) is 4.03. The molecule has 4 rings (SSSR count). The molecule has 1 aliphatic carbocycles. The first-order valence-electron chi connectivity index (χ1n) is 7.34. The van der Waals surface area contributed by atoms with Crippen LogP contribution in [0, 0.1) is 0 Å². The molecule has 108 valence electrons. The lowest BCUT2D eigenvalue weighted by Gasteiger charge is -2.31. The molecule has 0 radical (unpaired) electrons. The third kappa shape index (κ3) is 2.32. The van der Waals surface area contributed by atoms with Gasteiger partial charge in [0.2, 0.25) is 0 Å². The van der Waals surface area contributed by atoms with Gasteiger partial charge in [-0.05, 0) is 35.9 Å². The summed E-state index contributed by atoms with van der Waals surface area (Å²) in [6.07, 6.45) is 8.50. The Kier molecular flexibility index (Phi) is 3.43. The van der Waals surface area contributed by atoms with Gasteiger partial charge in [-0.1, -0.05) is 64.5 Å². The highest BCUT2D eigenvalue weighted by atomic mass is 79.9. The van der Waals surface area contributed by atoms with Crippen molar-refractivity contribution >= 4 is 27.3 Å². The maximum atomic E-state index is 4.96. The fourth-order valence-corrected chi connectivity index (χ4v) is 3.27. The summed E-state index contributed by atoms with van der Waals surface area (Å²) in [5, 5.41) is 0. The second-order valence-electron chi connectivity index (χ2n) is 5.41. The molecular weight excluding hydrogens is 336 g/mol. The molecule has 0 aromatic heterocycles. The van der Waals surface area contributed by atoms with Gasteiger partial charge in [0, 0.05) is 10.2 Å². The summed E-state index contributed by atoms with van der Waals surface area (Å²) in [6.45, 7) is 0. The first-order chi connectivity index (χ1) is 10.8. The molecule has 1 heterocycles. The van der Waals surface area contributed by atoms with E-state index in [0.29, 0.717) is 0 Å². The highest BCUT2D eigenvalue weighted by Crippen LogP contribution is 2.37. The summed E-state index contributed by atoms with van der Waals surface area (Å²) in [6, 6.07) is 19.1. The van der Waals surface area contributed by atoms with Gasteiger partial charge in [0.25, 0.3) is 0 Å². The van der Waals surface area contributed by atoms with E-state index in [2.05, 4.69) is 93.7 Å². The van der Waals surface area contributed by atoms with Crippen LogP contribution in [0.15, 0.2) is 88.4 Å².